The number of nitrogens with one attached hydrogen (secondary N) is 1. The highest BCUT2D eigenvalue weighted by atomic mass is 35.5. The Morgan fingerprint density at radius 1 is 1.57 bits per heavy atom. The molecule has 0 saturated carbocycles. The van der Waals surface area contributed by atoms with Gasteiger partial charge in [-0.05, 0) is 6.92 Å². The van der Waals surface area contributed by atoms with E-state index in [1.165, 1.54) is 11.3 Å². The average Bonchev–Trinajstić information content (AvgIpc) is 2.72. The van der Waals surface area contributed by atoms with Crippen LogP contribution in [0.2, 0.25) is 4.34 Å². The fourth-order valence-corrected chi connectivity index (χ4v) is 2.41. The Balaban J connectivity index is 1.94. The molecule has 0 aliphatic carbocycles. The van der Waals surface area contributed by atoms with E-state index in [1.807, 2.05) is 12.3 Å². The molecule has 0 aliphatic rings. The van der Waals surface area contributed by atoms with Gasteiger partial charge < -0.3 is 5.32 Å². The van der Waals surface area contributed by atoms with E-state index in [2.05, 4.69) is 15.3 Å². The van der Waals surface area contributed by atoms with Crippen LogP contribution in [0.3, 0.4) is 0 Å². The van der Waals surface area contributed by atoms with Crippen molar-refractivity contribution in [1.29, 1.82) is 0 Å². The lowest BCUT2D eigenvalue weighted by Gasteiger charge is -1.97. The largest absolute Gasteiger partial charge is 0.356 e. The van der Waals surface area contributed by atoms with Gasteiger partial charge in [-0.15, -0.1) is 11.3 Å². The maximum Gasteiger partial charge on any atom is 0.184 e. The number of halogens is 1. The average molecular weight is 246 g/mol. The second-order valence-corrected chi connectivity index (χ2v) is 5.41. The first-order valence-corrected chi connectivity index (χ1v) is 6.07. The van der Waals surface area contributed by atoms with Crippen molar-refractivity contribution in [3.63, 3.8) is 0 Å². The summed E-state index contributed by atoms with van der Waals surface area (Å²) in [6, 6.07) is 0. The number of anilines is 1. The number of nitrogens with zero attached hydrogens (tertiary/aromatic N) is 2. The van der Waals surface area contributed by atoms with Crippen LogP contribution in [0, 0.1) is 6.92 Å². The summed E-state index contributed by atoms with van der Waals surface area (Å²) in [6.45, 7) is 2.70. The molecule has 0 amide bonds. The molecular formula is C8H8ClN3S2. The summed E-state index contributed by atoms with van der Waals surface area (Å²) in [5.74, 6) is 0. The Kier molecular flexibility index (Phi) is 3.00. The number of hydrogen-bond acceptors (Lipinski definition) is 5. The van der Waals surface area contributed by atoms with Gasteiger partial charge in [0.2, 0.25) is 0 Å². The zero-order valence-corrected chi connectivity index (χ0v) is 9.84. The lowest BCUT2D eigenvalue weighted by Crippen LogP contribution is -1.98. The van der Waals surface area contributed by atoms with E-state index in [0.717, 1.165) is 15.8 Å². The van der Waals surface area contributed by atoms with Crippen molar-refractivity contribution in [3.05, 3.63) is 26.6 Å². The van der Waals surface area contributed by atoms with Gasteiger partial charge in [-0.1, -0.05) is 22.9 Å². The molecule has 0 saturated heterocycles. The van der Waals surface area contributed by atoms with Gasteiger partial charge in [0.1, 0.15) is 4.34 Å². The molecule has 0 aliphatic heterocycles. The van der Waals surface area contributed by atoms with E-state index < -0.39 is 0 Å². The van der Waals surface area contributed by atoms with Gasteiger partial charge in [0, 0.05) is 5.38 Å². The van der Waals surface area contributed by atoms with Crippen molar-refractivity contribution < 1.29 is 0 Å². The van der Waals surface area contributed by atoms with E-state index >= 15 is 0 Å². The highest BCUT2D eigenvalue weighted by Crippen LogP contribution is 2.23. The Hall–Kier alpha value is -0.650. The standard InChI is InChI=1S/C8H8ClN3S2/c1-5-12-6(4-13-5)2-10-8-11-3-7(9)14-8/h3-4H,2H2,1H3,(H,10,11). The maximum absolute atomic E-state index is 5.75. The van der Waals surface area contributed by atoms with Gasteiger partial charge in [-0.2, -0.15) is 0 Å². The number of hydrogen-bond donors (Lipinski definition) is 1. The van der Waals surface area contributed by atoms with Gasteiger partial charge in [-0.25, -0.2) is 9.97 Å². The van der Waals surface area contributed by atoms with Crippen molar-refractivity contribution in [2.24, 2.45) is 0 Å². The molecule has 0 aromatic carbocycles. The molecule has 2 aromatic rings. The second-order valence-electron chi connectivity index (χ2n) is 2.68. The van der Waals surface area contributed by atoms with Crippen LogP contribution < -0.4 is 5.32 Å². The molecule has 0 bridgehead atoms. The summed E-state index contributed by atoms with van der Waals surface area (Å²) in [6.07, 6.45) is 1.64. The third kappa shape index (κ3) is 2.43. The topological polar surface area (TPSA) is 37.8 Å². The van der Waals surface area contributed by atoms with Crippen LogP contribution in [0.1, 0.15) is 10.7 Å². The molecule has 0 spiro atoms. The lowest BCUT2D eigenvalue weighted by atomic mass is 10.5. The van der Waals surface area contributed by atoms with Crippen molar-refractivity contribution >= 4 is 39.4 Å². The van der Waals surface area contributed by atoms with Crippen LogP contribution in [0.15, 0.2) is 11.6 Å². The first-order valence-electron chi connectivity index (χ1n) is 4.00. The molecule has 0 fully saturated rings. The highest BCUT2D eigenvalue weighted by Gasteiger charge is 2.01. The Morgan fingerprint density at radius 2 is 2.43 bits per heavy atom. The second kappa shape index (κ2) is 4.25. The van der Waals surface area contributed by atoms with Crippen LogP contribution in [0.25, 0.3) is 0 Å². The Bertz CT molecular complexity index is 383. The van der Waals surface area contributed by atoms with Crippen molar-refractivity contribution in [1.82, 2.24) is 9.97 Å². The predicted molar refractivity (Wildman–Crippen MR) is 61.3 cm³/mol. The smallest absolute Gasteiger partial charge is 0.184 e. The third-order valence-corrected chi connectivity index (χ3v) is 3.46. The number of rotatable bonds is 3. The number of aryl methyl sites for hydroxylation is 1. The first-order chi connectivity index (χ1) is 6.74. The molecule has 3 nitrogen and oxygen atoms in total. The minimum absolute atomic E-state index is 0.696. The van der Waals surface area contributed by atoms with Gasteiger partial charge in [0.15, 0.2) is 5.13 Å². The zero-order chi connectivity index (χ0) is 9.97. The van der Waals surface area contributed by atoms with Crippen LogP contribution in [-0.2, 0) is 6.54 Å². The normalized spacial score (nSPS) is 10.4. The predicted octanol–water partition coefficient (Wildman–Crippen LogP) is 3.17. The fraction of sp³-hybridized carbons (Fsp3) is 0.250. The maximum atomic E-state index is 5.75. The van der Waals surface area contributed by atoms with Crippen molar-refractivity contribution in [2.75, 3.05) is 5.32 Å². The molecule has 2 aromatic heterocycles. The summed E-state index contributed by atoms with van der Waals surface area (Å²) in [5.41, 5.74) is 1.04. The molecule has 0 atom stereocenters. The zero-order valence-electron chi connectivity index (χ0n) is 7.45. The fourth-order valence-electron chi connectivity index (χ4n) is 0.992. The molecule has 2 heterocycles. The summed E-state index contributed by atoms with van der Waals surface area (Å²) >= 11 is 8.83. The van der Waals surface area contributed by atoms with E-state index in [9.17, 15) is 0 Å². The molecule has 0 unspecified atom stereocenters. The van der Waals surface area contributed by atoms with Gasteiger partial charge in [0.25, 0.3) is 0 Å². The monoisotopic (exact) mass is 245 g/mol. The van der Waals surface area contributed by atoms with Crippen LogP contribution >= 0.6 is 34.3 Å². The minimum atomic E-state index is 0.696. The third-order valence-electron chi connectivity index (χ3n) is 1.56. The van der Waals surface area contributed by atoms with Gasteiger partial charge >= 0.3 is 0 Å². The van der Waals surface area contributed by atoms with Crippen LogP contribution in [0.5, 0.6) is 0 Å². The van der Waals surface area contributed by atoms with E-state index in [4.69, 9.17) is 11.6 Å². The summed E-state index contributed by atoms with van der Waals surface area (Å²) in [4.78, 5) is 8.42. The number of thiazole rings is 2. The van der Waals surface area contributed by atoms with E-state index in [-0.39, 0.29) is 0 Å². The van der Waals surface area contributed by atoms with Crippen LogP contribution in [-0.4, -0.2) is 9.97 Å². The summed E-state index contributed by atoms with van der Waals surface area (Å²) in [7, 11) is 0. The summed E-state index contributed by atoms with van der Waals surface area (Å²) in [5, 5.41) is 7.12. The molecule has 14 heavy (non-hydrogen) atoms. The number of aromatic nitrogens is 2. The van der Waals surface area contributed by atoms with Gasteiger partial charge in [-0.3, -0.25) is 0 Å². The molecule has 6 heteroatoms. The molecular weight excluding hydrogens is 238 g/mol. The summed E-state index contributed by atoms with van der Waals surface area (Å²) < 4.78 is 0.696. The minimum Gasteiger partial charge on any atom is -0.356 e. The molecule has 1 N–H and O–H groups in total. The molecule has 2 rings (SSSR count). The quantitative estimate of drug-likeness (QED) is 0.903. The van der Waals surface area contributed by atoms with Crippen LogP contribution in [0.4, 0.5) is 5.13 Å². The highest BCUT2D eigenvalue weighted by molar-refractivity contribution is 7.19. The van der Waals surface area contributed by atoms with Gasteiger partial charge in [0.05, 0.1) is 23.4 Å². The van der Waals surface area contributed by atoms with Crippen molar-refractivity contribution in [2.45, 2.75) is 13.5 Å². The molecule has 74 valence electrons. The lowest BCUT2D eigenvalue weighted by molar-refractivity contribution is 1.05. The SMILES string of the molecule is Cc1nc(CNc2ncc(Cl)s2)cs1. The van der Waals surface area contributed by atoms with E-state index in [1.54, 1.807) is 17.5 Å². The Morgan fingerprint density at radius 3 is 3.00 bits per heavy atom. The Labute approximate surface area is 94.8 Å². The first kappa shape index (κ1) is 9.89. The van der Waals surface area contributed by atoms with E-state index in [0.29, 0.717) is 10.9 Å². The van der Waals surface area contributed by atoms with Crippen molar-refractivity contribution in [3.8, 4) is 0 Å². The molecule has 0 radical (unpaired) electrons.